The molecular weight excluding hydrogens is 426 g/mol. The molecule has 32 heavy (non-hydrogen) atoms. The van der Waals surface area contributed by atoms with Crippen LogP contribution in [0.2, 0.25) is 0 Å². The zero-order valence-corrected chi connectivity index (χ0v) is 19.5. The Labute approximate surface area is 189 Å². The molecule has 0 bridgehead atoms. The van der Waals surface area contributed by atoms with E-state index in [0.717, 1.165) is 24.9 Å². The van der Waals surface area contributed by atoms with Gasteiger partial charge < -0.3 is 10.2 Å². The van der Waals surface area contributed by atoms with E-state index in [-0.39, 0.29) is 23.1 Å². The number of carbonyl (C=O) groups is 2. The molecule has 2 aromatic rings. The Balaban J connectivity index is 1.45. The normalized spacial score (nSPS) is 18.7. The third kappa shape index (κ3) is 4.86. The maximum Gasteiger partial charge on any atom is 0.241 e. The fourth-order valence-electron chi connectivity index (χ4n) is 4.31. The van der Waals surface area contributed by atoms with Gasteiger partial charge in [0, 0.05) is 29.9 Å². The van der Waals surface area contributed by atoms with Crippen molar-refractivity contribution in [3.05, 3.63) is 53.6 Å². The summed E-state index contributed by atoms with van der Waals surface area (Å²) < 4.78 is 27.8. The fourth-order valence-corrected chi connectivity index (χ4v) is 5.77. The van der Waals surface area contributed by atoms with Crippen LogP contribution in [0, 0.1) is 5.92 Å². The third-order valence-corrected chi connectivity index (χ3v) is 7.50. The van der Waals surface area contributed by atoms with E-state index in [4.69, 9.17) is 0 Å². The highest BCUT2D eigenvalue weighted by Gasteiger charge is 2.35. The molecule has 0 saturated carbocycles. The van der Waals surface area contributed by atoms with Gasteiger partial charge in [-0.05, 0) is 81.5 Å². The van der Waals surface area contributed by atoms with Crippen molar-refractivity contribution in [1.82, 2.24) is 4.72 Å². The molecule has 1 aliphatic heterocycles. The standard InChI is InChI=1S/C24H29N3O4S/c1-24(2,3)26-32(30,31)21-9-5-8-19(14-21)25-23(29)18-13-22(28)27(15-18)20-11-10-16-6-4-7-17(16)12-20/h5,8-12,14,18,26H,4,6-7,13,15H2,1-3H3,(H,25,29). The zero-order valence-electron chi connectivity index (χ0n) is 18.6. The van der Waals surface area contributed by atoms with Crippen LogP contribution in [0.15, 0.2) is 47.4 Å². The first kappa shape index (κ1) is 22.5. The van der Waals surface area contributed by atoms with Crippen molar-refractivity contribution in [1.29, 1.82) is 0 Å². The second-order valence-electron chi connectivity index (χ2n) is 9.58. The van der Waals surface area contributed by atoms with Crippen molar-refractivity contribution in [2.45, 2.75) is 56.9 Å². The lowest BCUT2D eigenvalue weighted by Crippen LogP contribution is -2.40. The van der Waals surface area contributed by atoms with Crippen LogP contribution >= 0.6 is 0 Å². The molecule has 170 valence electrons. The Kier molecular flexibility index (Phi) is 5.85. The van der Waals surface area contributed by atoms with Gasteiger partial charge in [-0.15, -0.1) is 0 Å². The number of nitrogens with one attached hydrogen (secondary N) is 2. The number of amides is 2. The Bertz CT molecular complexity index is 1170. The van der Waals surface area contributed by atoms with Gasteiger partial charge >= 0.3 is 0 Å². The Hall–Kier alpha value is -2.71. The van der Waals surface area contributed by atoms with Crippen molar-refractivity contribution < 1.29 is 18.0 Å². The Morgan fingerprint density at radius 1 is 1.06 bits per heavy atom. The predicted octanol–water partition coefficient (Wildman–Crippen LogP) is 3.24. The van der Waals surface area contributed by atoms with Crippen LogP contribution in [0.3, 0.4) is 0 Å². The van der Waals surface area contributed by atoms with Gasteiger partial charge in [0.15, 0.2) is 0 Å². The number of sulfonamides is 1. The van der Waals surface area contributed by atoms with E-state index < -0.39 is 21.5 Å². The van der Waals surface area contributed by atoms with Gasteiger partial charge in [-0.3, -0.25) is 9.59 Å². The number of anilines is 2. The van der Waals surface area contributed by atoms with Gasteiger partial charge in [0.1, 0.15) is 0 Å². The molecule has 2 aromatic carbocycles. The maximum atomic E-state index is 12.9. The number of aryl methyl sites for hydroxylation is 2. The average molecular weight is 456 g/mol. The van der Waals surface area contributed by atoms with Gasteiger partial charge in [-0.2, -0.15) is 0 Å². The van der Waals surface area contributed by atoms with Gasteiger partial charge in [-0.1, -0.05) is 12.1 Å². The molecule has 0 spiro atoms. The fraction of sp³-hybridized carbons (Fsp3) is 0.417. The molecule has 7 nitrogen and oxygen atoms in total. The van der Waals surface area contributed by atoms with Gasteiger partial charge in [0.05, 0.1) is 10.8 Å². The largest absolute Gasteiger partial charge is 0.326 e. The molecule has 0 aromatic heterocycles. The summed E-state index contributed by atoms with van der Waals surface area (Å²) in [4.78, 5) is 27.2. The van der Waals surface area contributed by atoms with Crippen molar-refractivity contribution in [2.24, 2.45) is 5.92 Å². The van der Waals surface area contributed by atoms with E-state index in [1.165, 1.54) is 23.3 Å². The molecular formula is C24H29N3O4S. The first-order chi connectivity index (χ1) is 15.0. The monoisotopic (exact) mass is 455 g/mol. The highest BCUT2D eigenvalue weighted by atomic mass is 32.2. The Morgan fingerprint density at radius 3 is 2.56 bits per heavy atom. The van der Waals surface area contributed by atoms with Gasteiger partial charge in [-0.25, -0.2) is 13.1 Å². The molecule has 1 aliphatic carbocycles. The number of hydrogen-bond acceptors (Lipinski definition) is 4. The topological polar surface area (TPSA) is 95.6 Å². The van der Waals surface area contributed by atoms with Crippen molar-refractivity contribution >= 4 is 33.2 Å². The van der Waals surface area contributed by atoms with Crippen LogP contribution in [0.5, 0.6) is 0 Å². The van der Waals surface area contributed by atoms with E-state index in [1.54, 1.807) is 37.8 Å². The molecule has 1 unspecified atom stereocenters. The quantitative estimate of drug-likeness (QED) is 0.724. The molecule has 4 rings (SSSR count). The van der Waals surface area contributed by atoms with Gasteiger partial charge in [0.25, 0.3) is 0 Å². The minimum absolute atomic E-state index is 0.0752. The van der Waals surface area contributed by atoms with E-state index in [2.05, 4.69) is 22.2 Å². The molecule has 0 radical (unpaired) electrons. The smallest absolute Gasteiger partial charge is 0.241 e. The van der Waals surface area contributed by atoms with Crippen molar-refractivity contribution in [2.75, 3.05) is 16.8 Å². The number of carbonyl (C=O) groups excluding carboxylic acids is 2. The average Bonchev–Trinajstić information content (AvgIpc) is 3.32. The summed E-state index contributed by atoms with van der Waals surface area (Å²) in [5.41, 5.74) is 3.22. The highest BCUT2D eigenvalue weighted by Crippen LogP contribution is 2.31. The van der Waals surface area contributed by atoms with Crippen LogP contribution in [0.25, 0.3) is 0 Å². The number of benzene rings is 2. The zero-order chi connectivity index (χ0) is 23.1. The summed E-state index contributed by atoms with van der Waals surface area (Å²) >= 11 is 0. The SMILES string of the molecule is CC(C)(C)NS(=O)(=O)c1cccc(NC(=O)C2CC(=O)N(c3ccc4c(c3)CCC4)C2)c1. The predicted molar refractivity (Wildman–Crippen MR) is 124 cm³/mol. The summed E-state index contributed by atoms with van der Waals surface area (Å²) in [6.07, 6.45) is 3.37. The molecule has 2 aliphatic rings. The first-order valence-corrected chi connectivity index (χ1v) is 12.4. The van der Waals surface area contributed by atoms with Crippen molar-refractivity contribution in [3.63, 3.8) is 0 Å². The number of nitrogens with zero attached hydrogens (tertiary/aromatic N) is 1. The molecule has 1 saturated heterocycles. The minimum atomic E-state index is -3.72. The summed E-state index contributed by atoms with van der Waals surface area (Å²) in [7, 11) is -3.72. The van der Waals surface area contributed by atoms with Gasteiger partial charge in [0.2, 0.25) is 21.8 Å². The van der Waals surface area contributed by atoms with E-state index in [0.29, 0.717) is 12.2 Å². The van der Waals surface area contributed by atoms with Crippen LogP contribution < -0.4 is 14.9 Å². The third-order valence-electron chi connectivity index (χ3n) is 5.74. The number of rotatable bonds is 5. The number of fused-ring (bicyclic) bond motifs is 1. The van der Waals surface area contributed by atoms with Crippen LogP contribution in [-0.4, -0.2) is 32.3 Å². The molecule has 1 fully saturated rings. The van der Waals surface area contributed by atoms with E-state index in [9.17, 15) is 18.0 Å². The molecule has 1 atom stereocenters. The number of hydrogen-bond donors (Lipinski definition) is 2. The summed E-state index contributed by atoms with van der Waals surface area (Å²) in [6, 6.07) is 12.2. The Morgan fingerprint density at radius 2 is 1.81 bits per heavy atom. The minimum Gasteiger partial charge on any atom is -0.326 e. The second-order valence-corrected chi connectivity index (χ2v) is 11.3. The molecule has 2 N–H and O–H groups in total. The molecule has 1 heterocycles. The van der Waals surface area contributed by atoms with Crippen LogP contribution in [0.4, 0.5) is 11.4 Å². The van der Waals surface area contributed by atoms with E-state index >= 15 is 0 Å². The molecule has 8 heteroatoms. The lowest BCUT2D eigenvalue weighted by molar-refractivity contribution is -0.122. The van der Waals surface area contributed by atoms with Crippen molar-refractivity contribution in [3.8, 4) is 0 Å². The van der Waals surface area contributed by atoms with Crippen LogP contribution in [-0.2, 0) is 32.5 Å². The maximum absolute atomic E-state index is 12.9. The highest BCUT2D eigenvalue weighted by molar-refractivity contribution is 7.89. The lowest BCUT2D eigenvalue weighted by Gasteiger charge is -2.20. The summed E-state index contributed by atoms with van der Waals surface area (Å²) in [5, 5.41) is 2.78. The second kappa shape index (κ2) is 8.33. The van der Waals surface area contributed by atoms with Crippen LogP contribution in [0.1, 0.15) is 44.7 Å². The lowest BCUT2D eigenvalue weighted by atomic mass is 10.1. The van der Waals surface area contributed by atoms with E-state index in [1.807, 2.05) is 6.07 Å². The summed E-state index contributed by atoms with van der Waals surface area (Å²) in [5.74, 6) is -0.863. The first-order valence-electron chi connectivity index (χ1n) is 10.9. The molecule has 2 amide bonds. The summed E-state index contributed by atoms with van der Waals surface area (Å²) in [6.45, 7) is 5.60.